The number of benzene rings is 1. The summed E-state index contributed by atoms with van der Waals surface area (Å²) in [5.74, 6) is 1.38. The fraction of sp³-hybridized carbons (Fsp3) is 0.500. The molecule has 1 aromatic carbocycles. The first-order valence-corrected chi connectivity index (χ1v) is 9.89. The molecule has 1 heterocycles. The number of nitrogens with one attached hydrogen (secondary N) is 1. The van der Waals surface area contributed by atoms with Crippen LogP contribution in [0.4, 0.5) is 0 Å². The van der Waals surface area contributed by atoms with E-state index in [4.69, 9.17) is 14.7 Å². The van der Waals surface area contributed by atoms with Crippen LogP contribution in [0.1, 0.15) is 56.5 Å². The molecule has 1 aliphatic rings. The monoisotopic (exact) mass is 409 g/mol. The van der Waals surface area contributed by atoms with E-state index in [0.29, 0.717) is 29.3 Å². The molecule has 30 heavy (non-hydrogen) atoms. The van der Waals surface area contributed by atoms with Gasteiger partial charge in [-0.3, -0.25) is 4.79 Å². The Morgan fingerprint density at radius 1 is 1.23 bits per heavy atom. The fourth-order valence-electron chi connectivity index (χ4n) is 4.54. The zero-order chi connectivity index (χ0) is 22.1. The molecule has 2 aromatic rings. The second kappa shape index (κ2) is 7.90. The van der Waals surface area contributed by atoms with Crippen molar-refractivity contribution in [3.05, 3.63) is 41.5 Å². The average molecular weight is 409 g/mol. The minimum Gasteiger partial charge on any atom is -0.495 e. The summed E-state index contributed by atoms with van der Waals surface area (Å²) in [4.78, 5) is 16.8. The van der Waals surface area contributed by atoms with E-state index in [9.17, 15) is 4.79 Å². The van der Waals surface area contributed by atoms with E-state index in [1.807, 2.05) is 6.92 Å². The van der Waals surface area contributed by atoms with Crippen molar-refractivity contribution in [2.75, 3.05) is 7.11 Å². The molecule has 0 atom stereocenters. The third kappa shape index (κ3) is 3.67. The van der Waals surface area contributed by atoms with Crippen LogP contribution in [0.25, 0.3) is 0 Å². The van der Waals surface area contributed by atoms with Gasteiger partial charge in [0.2, 0.25) is 0 Å². The van der Waals surface area contributed by atoms with Gasteiger partial charge in [-0.25, -0.2) is 4.98 Å². The number of carbonyl (C=O) groups excluding carboxylic acids is 1. The van der Waals surface area contributed by atoms with Crippen LogP contribution in [0.5, 0.6) is 11.5 Å². The standard InChI is InChI=1S/C22H27N5O3/c1-7-17-24-12-15(26-27-17)18(28)25-19-21(2,3)20(22(19,4)5)30-14-9-8-13(11-23)16(10-14)29-6/h8-10,12,19-20H,7H2,1-6H3,(H,25,28). The van der Waals surface area contributed by atoms with Crippen LogP contribution < -0.4 is 14.8 Å². The Balaban J connectivity index is 1.75. The number of aromatic nitrogens is 3. The normalized spacial score (nSPS) is 21.1. The predicted molar refractivity (Wildman–Crippen MR) is 110 cm³/mol. The van der Waals surface area contributed by atoms with Crippen LogP contribution >= 0.6 is 0 Å². The molecule has 1 saturated carbocycles. The van der Waals surface area contributed by atoms with E-state index in [-0.39, 0.29) is 34.6 Å². The molecule has 1 aromatic heterocycles. The number of hydrogen-bond donors (Lipinski definition) is 1. The summed E-state index contributed by atoms with van der Waals surface area (Å²) in [6.45, 7) is 10.1. The van der Waals surface area contributed by atoms with E-state index in [1.165, 1.54) is 13.3 Å². The lowest BCUT2D eigenvalue weighted by Gasteiger charge is -2.63. The molecule has 0 saturated heterocycles. The predicted octanol–water partition coefficient (Wildman–Crippen LogP) is 2.93. The third-order valence-electron chi connectivity index (χ3n) is 5.82. The molecule has 3 rings (SSSR count). The number of amides is 1. The van der Waals surface area contributed by atoms with Crippen LogP contribution in [0.15, 0.2) is 24.4 Å². The van der Waals surface area contributed by atoms with Gasteiger partial charge in [-0.15, -0.1) is 10.2 Å². The molecule has 8 nitrogen and oxygen atoms in total. The van der Waals surface area contributed by atoms with Gasteiger partial charge in [-0.2, -0.15) is 5.26 Å². The van der Waals surface area contributed by atoms with Crippen molar-refractivity contribution in [1.82, 2.24) is 20.5 Å². The van der Waals surface area contributed by atoms with Gasteiger partial charge in [0.25, 0.3) is 5.91 Å². The van der Waals surface area contributed by atoms with Crippen molar-refractivity contribution in [1.29, 1.82) is 5.26 Å². The number of rotatable bonds is 6. The van der Waals surface area contributed by atoms with Gasteiger partial charge in [-0.05, 0) is 12.1 Å². The maximum Gasteiger partial charge on any atom is 0.273 e. The largest absolute Gasteiger partial charge is 0.495 e. The van der Waals surface area contributed by atoms with Gasteiger partial charge in [0, 0.05) is 29.4 Å². The topological polar surface area (TPSA) is 110 Å². The van der Waals surface area contributed by atoms with E-state index < -0.39 is 0 Å². The van der Waals surface area contributed by atoms with Gasteiger partial charge in [0.15, 0.2) is 11.5 Å². The van der Waals surface area contributed by atoms with Gasteiger partial charge in [0.05, 0.1) is 18.9 Å². The second-order valence-corrected chi connectivity index (χ2v) is 8.63. The second-order valence-electron chi connectivity index (χ2n) is 8.63. The van der Waals surface area contributed by atoms with Gasteiger partial charge in [-0.1, -0.05) is 34.6 Å². The molecule has 0 aliphatic heterocycles. The highest BCUT2D eigenvalue weighted by molar-refractivity contribution is 5.92. The van der Waals surface area contributed by atoms with Gasteiger partial charge < -0.3 is 14.8 Å². The molecule has 1 aliphatic carbocycles. The summed E-state index contributed by atoms with van der Waals surface area (Å²) in [6.07, 6.45) is 1.95. The number of aryl methyl sites for hydroxylation is 1. The minimum atomic E-state index is -0.343. The van der Waals surface area contributed by atoms with Crippen LogP contribution in [-0.2, 0) is 6.42 Å². The number of nitriles is 1. The van der Waals surface area contributed by atoms with E-state index in [2.05, 4.69) is 54.3 Å². The number of carbonyl (C=O) groups is 1. The van der Waals surface area contributed by atoms with Crippen molar-refractivity contribution in [3.63, 3.8) is 0 Å². The molecule has 1 N–H and O–H groups in total. The van der Waals surface area contributed by atoms with E-state index in [1.54, 1.807) is 18.2 Å². The van der Waals surface area contributed by atoms with Crippen molar-refractivity contribution in [2.45, 2.75) is 53.2 Å². The van der Waals surface area contributed by atoms with E-state index in [0.717, 1.165) is 0 Å². The Bertz CT molecular complexity index is 963. The summed E-state index contributed by atoms with van der Waals surface area (Å²) in [7, 11) is 1.52. The molecule has 1 fully saturated rings. The van der Waals surface area contributed by atoms with Crippen molar-refractivity contribution < 1.29 is 14.3 Å². The Morgan fingerprint density at radius 3 is 2.47 bits per heavy atom. The molecule has 1 amide bonds. The van der Waals surface area contributed by atoms with Crippen molar-refractivity contribution >= 4 is 5.91 Å². The molecular weight excluding hydrogens is 382 g/mol. The minimum absolute atomic E-state index is 0.143. The lowest BCUT2D eigenvalue weighted by molar-refractivity contribution is -0.164. The zero-order valence-electron chi connectivity index (χ0n) is 18.2. The summed E-state index contributed by atoms with van der Waals surface area (Å²) in [5, 5.41) is 20.2. The first kappa shape index (κ1) is 21.5. The SMILES string of the molecule is CCc1ncc(C(=O)NC2C(C)(C)C(Oc3ccc(C#N)c(OC)c3)C2(C)C)nn1. The van der Waals surface area contributed by atoms with Crippen LogP contribution in [0.3, 0.4) is 0 Å². The molecule has 0 spiro atoms. The summed E-state index contributed by atoms with van der Waals surface area (Å²) >= 11 is 0. The zero-order valence-corrected chi connectivity index (χ0v) is 18.2. The van der Waals surface area contributed by atoms with Gasteiger partial charge >= 0.3 is 0 Å². The molecule has 0 radical (unpaired) electrons. The van der Waals surface area contributed by atoms with Gasteiger partial charge in [0.1, 0.15) is 23.7 Å². The number of ether oxygens (including phenoxy) is 2. The molecular formula is C22H27N5O3. The number of nitrogens with zero attached hydrogens (tertiary/aromatic N) is 4. The summed E-state index contributed by atoms with van der Waals surface area (Å²) in [6, 6.07) is 7.10. The maximum absolute atomic E-state index is 12.7. The van der Waals surface area contributed by atoms with Crippen molar-refractivity contribution in [3.8, 4) is 17.6 Å². The highest BCUT2D eigenvalue weighted by Crippen LogP contribution is 2.55. The fourth-order valence-corrected chi connectivity index (χ4v) is 4.54. The molecule has 158 valence electrons. The first-order valence-electron chi connectivity index (χ1n) is 9.89. The van der Waals surface area contributed by atoms with Crippen LogP contribution in [-0.4, -0.2) is 40.3 Å². The maximum atomic E-state index is 12.7. The smallest absolute Gasteiger partial charge is 0.273 e. The molecule has 8 heteroatoms. The lowest BCUT2D eigenvalue weighted by Crippen LogP contribution is -2.74. The highest BCUT2D eigenvalue weighted by atomic mass is 16.5. The molecule has 0 unspecified atom stereocenters. The Kier molecular flexibility index (Phi) is 5.66. The van der Waals surface area contributed by atoms with E-state index >= 15 is 0 Å². The highest BCUT2D eigenvalue weighted by Gasteiger charge is 2.64. The number of methoxy groups -OCH3 is 1. The Hall–Kier alpha value is -3.21. The van der Waals surface area contributed by atoms with Crippen molar-refractivity contribution in [2.24, 2.45) is 10.8 Å². The summed E-state index contributed by atoms with van der Waals surface area (Å²) in [5.41, 5.74) is -0.0411. The number of hydrogen-bond acceptors (Lipinski definition) is 7. The quantitative estimate of drug-likeness (QED) is 0.781. The Labute approximate surface area is 176 Å². The Morgan fingerprint density at radius 2 is 1.93 bits per heavy atom. The van der Waals surface area contributed by atoms with Crippen LogP contribution in [0, 0.1) is 22.2 Å². The molecule has 0 bridgehead atoms. The first-order chi connectivity index (χ1) is 14.1. The van der Waals surface area contributed by atoms with Crippen LogP contribution in [0.2, 0.25) is 0 Å². The summed E-state index contributed by atoms with van der Waals surface area (Å²) < 4.78 is 11.6. The third-order valence-corrected chi connectivity index (χ3v) is 5.82. The lowest BCUT2D eigenvalue weighted by atomic mass is 9.49. The average Bonchev–Trinajstić information content (AvgIpc) is 2.74.